The molecule has 1 aliphatic heterocycles. The van der Waals surface area contributed by atoms with Gasteiger partial charge in [0.1, 0.15) is 5.76 Å². The average molecular weight is 179 g/mol. The van der Waals surface area contributed by atoms with Gasteiger partial charge in [0.2, 0.25) is 0 Å². The number of rotatable bonds is 2. The van der Waals surface area contributed by atoms with E-state index >= 15 is 0 Å². The van der Waals surface area contributed by atoms with Crippen molar-refractivity contribution in [2.75, 3.05) is 13.3 Å². The van der Waals surface area contributed by atoms with E-state index in [1.54, 1.807) is 6.26 Å². The van der Waals surface area contributed by atoms with Crippen LogP contribution in [0.3, 0.4) is 0 Å². The molecule has 2 heterocycles. The monoisotopic (exact) mass is 179 g/mol. The van der Waals surface area contributed by atoms with Gasteiger partial charge in [-0.1, -0.05) is 6.08 Å². The molecule has 13 heavy (non-hydrogen) atoms. The van der Waals surface area contributed by atoms with Gasteiger partial charge in [0.05, 0.1) is 25.1 Å². The summed E-state index contributed by atoms with van der Waals surface area (Å²) in [7, 11) is 0. The Bertz CT molecular complexity index is 284. The summed E-state index contributed by atoms with van der Waals surface area (Å²) in [6.07, 6.45) is 5.70. The topological polar surface area (TPSA) is 34.4 Å². The molecule has 0 unspecified atom stereocenters. The van der Waals surface area contributed by atoms with Crippen LogP contribution in [0.1, 0.15) is 12.7 Å². The number of nitrogens with one attached hydrogen (secondary N) is 1. The first kappa shape index (κ1) is 8.53. The van der Waals surface area contributed by atoms with Crippen LogP contribution in [0.25, 0.3) is 6.08 Å². The third-order valence-corrected chi connectivity index (χ3v) is 2.14. The van der Waals surface area contributed by atoms with E-state index in [0.717, 1.165) is 5.76 Å². The van der Waals surface area contributed by atoms with Gasteiger partial charge in [0.25, 0.3) is 0 Å². The lowest BCUT2D eigenvalue weighted by Crippen LogP contribution is -2.36. The van der Waals surface area contributed by atoms with Crippen molar-refractivity contribution in [3.8, 4) is 0 Å². The van der Waals surface area contributed by atoms with Crippen LogP contribution in [-0.2, 0) is 4.74 Å². The molecule has 3 heteroatoms. The maximum atomic E-state index is 5.24. The van der Waals surface area contributed by atoms with Gasteiger partial charge in [0.15, 0.2) is 0 Å². The molecule has 3 nitrogen and oxygen atoms in total. The Kier molecular flexibility index (Phi) is 2.20. The van der Waals surface area contributed by atoms with Crippen LogP contribution in [0.5, 0.6) is 0 Å². The zero-order chi connectivity index (χ0) is 9.15. The zero-order valence-electron chi connectivity index (χ0n) is 7.62. The standard InChI is InChI=1S/C10H13NO2/c1-10(7-12-8-11-10)5-4-9-3-2-6-13-9/h2-6,11H,7-8H2,1H3/t10-/m1/s1. The van der Waals surface area contributed by atoms with Crippen molar-refractivity contribution in [1.29, 1.82) is 0 Å². The summed E-state index contributed by atoms with van der Waals surface area (Å²) >= 11 is 0. The van der Waals surface area contributed by atoms with Crippen LogP contribution >= 0.6 is 0 Å². The van der Waals surface area contributed by atoms with Crippen LogP contribution in [-0.4, -0.2) is 18.9 Å². The number of hydrogen-bond donors (Lipinski definition) is 1. The van der Waals surface area contributed by atoms with E-state index in [2.05, 4.69) is 18.3 Å². The molecular formula is C10H13NO2. The summed E-state index contributed by atoms with van der Waals surface area (Å²) in [6.45, 7) is 3.43. The second-order valence-corrected chi connectivity index (χ2v) is 3.44. The third-order valence-electron chi connectivity index (χ3n) is 2.14. The van der Waals surface area contributed by atoms with Crippen LogP contribution in [0.2, 0.25) is 0 Å². The molecule has 0 saturated carbocycles. The van der Waals surface area contributed by atoms with Crippen LogP contribution in [0, 0.1) is 0 Å². The molecule has 0 radical (unpaired) electrons. The highest BCUT2D eigenvalue weighted by molar-refractivity contribution is 5.44. The van der Waals surface area contributed by atoms with Gasteiger partial charge < -0.3 is 9.15 Å². The van der Waals surface area contributed by atoms with Crippen molar-refractivity contribution in [3.63, 3.8) is 0 Å². The normalized spacial score (nSPS) is 28.7. The van der Waals surface area contributed by atoms with E-state index in [9.17, 15) is 0 Å². The second kappa shape index (κ2) is 3.36. The van der Waals surface area contributed by atoms with Crippen LogP contribution in [0.15, 0.2) is 28.9 Å². The SMILES string of the molecule is C[C@@]1(C=Cc2ccco2)COCN1. The Balaban J connectivity index is 2.04. The van der Waals surface area contributed by atoms with E-state index in [1.807, 2.05) is 18.2 Å². The van der Waals surface area contributed by atoms with Crippen LogP contribution in [0.4, 0.5) is 0 Å². The van der Waals surface area contributed by atoms with Crippen molar-refractivity contribution >= 4 is 6.08 Å². The molecule has 1 fully saturated rings. The van der Waals surface area contributed by atoms with Crippen molar-refractivity contribution in [3.05, 3.63) is 30.2 Å². The molecule has 2 rings (SSSR count). The molecule has 0 spiro atoms. The van der Waals surface area contributed by atoms with Gasteiger partial charge in [-0.05, 0) is 25.1 Å². The molecular weight excluding hydrogens is 166 g/mol. The smallest absolute Gasteiger partial charge is 0.126 e. The lowest BCUT2D eigenvalue weighted by molar-refractivity contribution is 0.185. The minimum absolute atomic E-state index is 0.0488. The van der Waals surface area contributed by atoms with Gasteiger partial charge in [-0.3, -0.25) is 5.32 Å². The Hall–Kier alpha value is -1.06. The van der Waals surface area contributed by atoms with E-state index in [0.29, 0.717) is 13.3 Å². The molecule has 1 atom stereocenters. The van der Waals surface area contributed by atoms with Gasteiger partial charge in [-0.2, -0.15) is 0 Å². The maximum Gasteiger partial charge on any atom is 0.126 e. The average Bonchev–Trinajstić information content (AvgIpc) is 2.72. The second-order valence-electron chi connectivity index (χ2n) is 3.44. The molecule has 1 aliphatic rings. The summed E-state index contributed by atoms with van der Waals surface area (Å²) in [5, 5.41) is 3.24. The molecule has 1 aromatic rings. The molecule has 0 bridgehead atoms. The summed E-state index contributed by atoms with van der Waals surface area (Å²) < 4.78 is 10.4. The summed E-state index contributed by atoms with van der Waals surface area (Å²) in [6, 6.07) is 3.80. The largest absolute Gasteiger partial charge is 0.465 e. The van der Waals surface area contributed by atoms with Crippen molar-refractivity contribution in [2.24, 2.45) is 0 Å². The molecule has 0 aromatic carbocycles. The van der Waals surface area contributed by atoms with E-state index < -0.39 is 0 Å². The fourth-order valence-corrected chi connectivity index (χ4v) is 1.29. The van der Waals surface area contributed by atoms with Crippen molar-refractivity contribution in [1.82, 2.24) is 5.32 Å². The van der Waals surface area contributed by atoms with E-state index in [-0.39, 0.29) is 5.54 Å². The minimum Gasteiger partial charge on any atom is -0.465 e. The Morgan fingerprint density at radius 2 is 2.54 bits per heavy atom. The predicted octanol–water partition coefficient (Wildman–Crippen LogP) is 1.63. The first-order chi connectivity index (χ1) is 6.29. The molecule has 1 N–H and O–H groups in total. The van der Waals surface area contributed by atoms with Gasteiger partial charge >= 0.3 is 0 Å². The van der Waals surface area contributed by atoms with E-state index in [4.69, 9.17) is 9.15 Å². The molecule has 1 aromatic heterocycles. The third kappa shape index (κ3) is 1.99. The predicted molar refractivity (Wildman–Crippen MR) is 50.1 cm³/mol. The number of ether oxygens (including phenoxy) is 1. The fraction of sp³-hybridized carbons (Fsp3) is 0.400. The first-order valence-corrected chi connectivity index (χ1v) is 4.34. The Labute approximate surface area is 77.4 Å². The van der Waals surface area contributed by atoms with Gasteiger partial charge in [-0.25, -0.2) is 0 Å². The number of furan rings is 1. The summed E-state index contributed by atoms with van der Waals surface area (Å²) in [5.74, 6) is 0.870. The molecule has 1 saturated heterocycles. The molecule has 0 amide bonds. The fourth-order valence-electron chi connectivity index (χ4n) is 1.29. The Morgan fingerprint density at radius 1 is 1.62 bits per heavy atom. The highest BCUT2D eigenvalue weighted by Gasteiger charge is 2.25. The minimum atomic E-state index is -0.0488. The van der Waals surface area contributed by atoms with E-state index in [1.165, 1.54) is 0 Å². The zero-order valence-corrected chi connectivity index (χ0v) is 7.62. The highest BCUT2D eigenvalue weighted by Crippen LogP contribution is 2.14. The van der Waals surface area contributed by atoms with Crippen LogP contribution < -0.4 is 5.32 Å². The molecule has 0 aliphatic carbocycles. The maximum absolute atomic E-state index is 5.24. The first-order valence-electron chi connectivity index (χ1n) is 4.34. The molecule has 70 valence electrons. The van der Waals surface area contributed by atoms with Crippen molar-refractivity contribution in [2.45, 2.75) is 12.5 Å². The summed E-state index contributed by atoms with van der Waals surface area (Å²) in [4.78, 5) is 0. The quantitative estimate of drug-likeness (QED) is 0.749. The lowest BCUT2D eigenvalue weighted by Gasteiger charge is -2.16. The Morgan fingerprint density at radius 3 is 3.15 bits per heavy atom. The van der Waals surface area contributed by atoms with Gasteiger partial charge in [0, 0.05) is 0 Å². The lowest BCUT2D eigenvalue weighted by atomic mass is 10.0. The van der Waals surface area contributed by atoms with Gasteiger partial charge in [-0.15, -0.1) is 0 Å². The highest BCUT2D eigenvalue weighted by atomic mass is 16.5. The number of hydrogen-bond acceptors (Lipinski definition) is 3. The summed E-state index contributed by atoms with van der Waals surface area (Å²) in [5.41, 5.74) is -0.0488. The van der Waals surface area contributed by atoms with Crippen molar-refractivity contribution < 1.29 is 9.15 Å².